The Bertz CT molecular complexity index is 514. The van der Waals surface area contributed by atoms with Crippen molar-refractivity contribution in [3.63, 3.8) is 0 Å². The summed E-state index contributed by atoms with van der Waals surface area (Å²) in [5.74, 6) is 4.34. The van der Waals surface area contributed by atoms with Crippen molar-refractivity contribution < 1.29 is 0 Å². The van der Waals surface area contributed by atoms with Crippen molar-refractivity contribution in [3.8, 4) is 0 Å². The average molecular weight is 283 g/mol. The van der Waals surface area contributed by atoms with Gasteiger partial charge in [-0.2, -0.15) is 0 Å². The third-order valence-electron chi connectivity index (χ3n) is 7.71. The minimum absolute atomic E-state index is 0.647. The third-order valence-corrected chi connectivity index (χ3v) is 7.71. The number of rotatable bonds is 1. The molecule has 0 aromatic heterocycles. The Morgan fingerprint density at radius 2 is 2.10 bits per heavy atom. The fourth-order valence-corrected chi connectivity index (χ4v) is 6.55. The van der Waals surface area contributed by atoms with Crippen LogP contribution in [-0.4, -0.2) is 5.71 Å². The van der Waals surface area contributed by atoms with Crippen molar-refractivity contribution in [1.29, 1.82) is 5.41 Å². The van der Waals surface area contributed by atoms with Crippen LogP contribution in [0.5, 0.6) is 0 Å². The lowest BCUT2D eigenvalue weighted by Crippen LogP contribution is -2.45. The molecule has 114 valence electrons. The van der Waals surface area contributed by atoms with E-state index in [0.717, 1.165) is 41.7 Å². The van der Waals surface area contributed by atoms with Crippen LogP contribution < -0.4 is 0 Å². The van der Waals surface area contributed by atoms with Gasteiger partial charge in [-0.25, -0.2) is 0 Å². The predicted octanol–water partition coefficient (Wildman–Crippen LogP) is 5.38. The van der Waals surface area contributed by atoms with Crippen molar-refractivity contribution in [3.05, 3.63) is 23.8 Å². The number of fused-ring (bicyclic) bond motifs is 5. The summed E-state index contributed by atoms with van der Waals surface area (Å²) in [7, 11) is 0. The highest BCUT2D eigenvalue weighted by molar-refractivity contribution is 5.94. The van der Waals surface area contributed by atoms with E-state index in [0.29, 0.717) is 5.41 Å². The number of hydrogen-bond acceptors (Lipinski definition) is 1. The van der Waals surface area contributed by atoms with Gasteiger partial charge in [0.05, 0.1) is 0 Å². The first kappa shape index (κ1) is 13.8. The minimum atomic E-state index is 0.647. The molecule has 0 aromatic carbocycles. The molecule has 0 radical (unpaired) electrons. The second-order valence-corrected chi connectivity index (χ2v) is 8.13. The number of nitrogens with one attached hydrogen (secondary N) is 1. The van der Waals surface area contributed by atoms with E-state index in [4.69, 9.17) is 5.41 Å². The van der Waals surface area contributed by atoms with Gasteiger partial charge in [0.1, 0.15) is 0 Å². The van der Waals surface area contributed by atoms with Gasteiger partial charge in [0.15, 0.2) is 0 Å². The van der Waals surface area contributed by atoms with Crippen molar-refractivity contribution in [1.82, 2.24) is 0 Å². The zero-order valence-electron chi connectivity index (χ0n) is 13.6. The Hall–Kier alpha value is -0.850. The molecule has 21 heavy (non-hydrogen) atoms. The predicted molar refractivity (Wildman–Crippen MR) is 88.5 cm³/mol. The SMILES string of the molecule is CCC12CCC3C4CCC(=N)C=C4C=CC3C1CCC2C. The minimum Gasteiger partial charge on any atom is -0.305 e. The van der Waals surface area contributed by atoms with Crippen LogP contribution in [0.4, 0.5) is 0 Å². The molecule has 4 aliphatic rings. The van der Waals surface area contributed by atoms with Gasteiger partial charge >= 0.3 is 0 Å². The lowest BCUT2D eigenvalue weighted by Gasteiger charge is -2.53. The van der Waals surface area contributed by atoms with Crippen LogP contribution in [-0.2, 0) is 0 Å². The summed E-state index contributed by atoms with van der Waals surface area (Å²) in [6.45, 7) is 4.96. The Morgan fingerprint density at radius 1 is 1.24 bits per heavy atom. The second-order valence-electron chi connectivity index (χ2n) is 8.13. The molecule has 1 N–H and O–H groups in total. The van der Waals surface area contributed by atoms with Crippen molar-refractivity contribution in [2.45, 2.75) is 58.8 Å². The van der Waals surface area contributed by atoms with Crippen LogP contribution in [0.15, 0.2) is 23.8 Å². The molecule has 2 saturated carbocycles. The second kappa shape index (κ2) is 4.83. The summed E-state index contributed by atoms with van der Waals surface area (Å²) < 4.78 is 0. The van der Waals surface area contributed by atoms with Gasteiger partial charge in [0, 0.05) is 5.71 Å². The largest absolute Gasteiger partial charge is 0.305 e. The molecule has 6 atom stereocenters. The monoisotopic (exact) mass is 283 g/mol. The van der Waals surface area contributed by atoms with Gasteiger partial charge in [-0.15, -0.1) is 0 Å². The summed E-state index contributed by atoms with van der Waals surface area (Å²) in [6, 6.07) is 0. The van der Waals surface area contributed by atoms with E-state index in [1.807, 2.05) is 0 Å². The van der Waals surface area contributed by atoms with Crippen LogP contribution in [0.1, 0.15) is 58.8 Å². The van der Waals surface area contributed by atoms with Gasteiger partial charge < -0.3 is 5.41 Å². The van der Waals surface area contributed by atoms with E-state index in [9.17, 15) is 0 Å². The average Bonchev–Trinajstić information content (AvgIpc) is 2.84. The Labute approximate surface area is 129 Å². The van der Waals surface area contributed by atoms with Crippen molar-refractivity contribution >= 4 is 5.71 Å². The van der Waals surface area contributed by atoms with Crippen LogP contribution in [0.3, 0.4) is 0 Å². The lowest BCUT2D eigenvalue weighted by atomic mass is 9.52. The van der Waals surface area contributed by atoms with Gasteiger partial charge in [0.2, 0.25) is 0 Å². The maximum Gasteiger partial charge on any atom is 0.0316 e. The normalized spacial score (nSPS) is 48.4. The highest BCUT2D eigenvalue weighted by atomic mass is 14.6. The first-order valence-electron chi connectivity index (χ1n) is 9.13. The molecule has 4 rings (SSSR count). The summed E-state index contributed by atoms with van der Waals surface area (Å²) in [4.78, 5) is 0. The summed E-state index contributed by atoms with van der Waals surface area (Å²) in [6.07, 6.45) is 16.5. The molecule has 0 aromatic rings. The molecule has 0 saturated heterocycles. The molecule has 0 aliphatic heterocycles. The van der Waals surface area contributed by atoms with E-state index in [2.05, 4.69) is 32.1 Å². The van der Waals surface area contributed by atoms with Crippen LogP contribution in [0, 0.1) is 40.4 Å². The molecular weight excluding hydrogens is 254 g/mol. The third kappa shape index (κ3) is 1.85. The van der Waals surface area contributed by atoms with E-state index in [-0.39, 0.29) is 0 Å². The van der Waals surface area contributed by atoms with Gasteiger partial charge in [0.25, 0.3) is 0 Å². The summed E-state index contributed by atoms with van der Waals surface area (Å²) in [5, 5.41) is 7.94. The number of hydrogen-bond donors (Lipinski definition) is 1. The molecule has 1 heteroatoms. The first-order valence-corrected chi connectivity index (χ1v) is 9.13. The molecular formula is C20H29N. The maximum absolute atomic E-state index is 7.94. The number of allylic oxidation sites excluding steroid dienone is 4. The van der Waals surface area contributed by atoms with E-state index < -0.39 is 0 Å². The molecule has 2 fully saturated rings. The lowest BCUT2D eigenvalue weighted by molar-refractivity contribution is 0.000554. The Kier molecular flexibility index (Phi) is 3.17. The van der Waals surface area contributed by atoms with E-state index >= 15 is 0 Å². The van der Waals surface area contributed by atoms with E-state index in [1.54, 1.807) is 0 Å². The Morgan fingerprint density at radius 3 is 2.90 bits per heavy atom. The summed E-state index contributed by atoms with van der Waals surface area (Å²) in [5.41, 5.74) is 2.97. The van der Waals surface area contributed by atoms with Crippen LogP contribution in [0.25, 0.3) is 0 Å². The molecule has 0 spiro atoms. The topological polar surface area (TPSA) is 23.9 Å². The fourth-order valence-electron chi connectivity index (χ4n) is 6.55. The van der Waals surface area contributed by atoms with Crippen LogP contribution in [0.2, 0.25) is 0 Å². The molecule has 0 amide bonds. The van der Waals surface area contributed by atoms with Gasteiger partial charge in [-0.1, -0.05) is 26.0 Å². The van der Waals surface area contributed by atoms with Crippen LogP contribution >= 0.6 is 0 Å². The molecule has 4 aliphatic carbocycles. The van der Waals surface area contributed by atoms with Crippen molar-refractivity contribution in [2.24, 2.45) is 35.0 Å². The maximum atomic E-state index is 7.94. The highest BCUT2D eigenvalue weighted by Crippen LogP contribution is 2.63. The van der Waals surface area contributed by atoms with Crippen molar-refractivity contribution in [2.75, 3.05) is 0 Å². The van der Waals surface area contributed by atoms with E-state index in [1.165, 1.54) is 44.1 Å². The molecule has 0 bridgehead atoms. The first-order chi connectivity index (χ1) is 10.2. The van der Waals surface area contributed by atoms with Gasteiger partial charge in [-0.3, -0.25) is 0 Å². The van der Waals surface area contributed by atoms with Gasteiger partial charge in [-0.05, 0) is 91.6 Å². The molecule has 6 unspecified atom stereocenters. The zero-order valence-corrected chi connectivity index (χ0v) is 13.6. The fraction of sp³-hybridized carbons (Fsp3) is 0.750. The zero-order chi connectivity index (χ0) is 14.6. The molecule has 0 heterocycles. The molecule has 1 nitrogen and oxygen atoms in total. The Balaban J connectivity index is 1.70. The highest BCUT2D eigenvalue weighted by Gasteiger charge is 2.55. The standard InChI is InChI=1S/C20H29N/c1-3-20-11-10-17-16-8-6-15(21)12-14(16)5-7-18(17)19(20)9-4-13(20)2/h5,7,12-13,16-19,21H,3-4,6,8-11H2,1-2H3. The quantitative estimate of drug-likeness (QED) is 0.668. The summed E-state index contributed by atoms with van der Waals surface area (Å²) >= 11 is 0. The smallest absolute Gasteiger partial charge is 0.0316 e.